The molecule has 1 heterocycles. The second kappa shape index (κ2) is 6.52. The highest BCUT2D eigenvalue weighted by atomic mass is 35.5. The van der Waals surface area contributed by atoms with Gasteiger partial charge in [-0.15, -0.1) is 0 Å². The molecule has 1 saturated heterocycles. The van der Waals surface area contributed by atoms with Gasteiger partial charge >= 0.3 is 0 Å². The van der Waals surface area contributed by atoms with E-state index in [0.29, 0.717) is 36.3 Å². The molecular formula is C14H21ClN2O3S. The van der Waals surface area contributed by atoms with Crippen LogP contribution < -0.4 is 5.73 Å². The van der Waals surface area contributed by atoms with Crippen molar-refractivity contribution in [1.82, 2.24) is 4.31 Å². The normalized spacial score (nSPS) is 17.3. The third-order valence-corrected chi connectivity index (χ3v) is 6.13. The van der Waals surface area contributed by atoms with E-state index in [1.54, 1.807) is 20.0 Å². The van der Waals surface area contributed by atoms with Crippen molar-refractivity contribution in [3.63, 3.8) is 0 Å². The van der Waals surface area contributed by atoms with Crippen LogP contribution >= 0.6 is 11.6 Å². The Labute approximate surface area is 131 Å². The third-order valence-electron chi connectivity index (χ3n) is 3.84. The van der Waals surface area contributed by atoms with Gasteiger partial charge in [0.15, 0.2) is 0 Å². The van der Waals surface area contributed by atoms with Crippen LogP contribution in [0.25, 0.3) is 0 Å². The lowest BCUT2D eigenvalue weighted by atomic mass is 10.0. The number of sulfonamides is 1. The number of halogens is 1. The van der Waals surface area contributed by atoms with Crippen LogP contribution in [0.3, 0.4) is 0 Å². The van der Waals surface area contributed by atoms with Gasteiger partial charge in [0.25, 0.3) is 0 Å². The average molecular weight is 333 g/mol. The second-order valence-electron chi connectivity index (χ2n) is 5.48. The number of benzene rings is 1. The Morgan fingerprint density at radius 2 is 2.00 bits per heavy atom. The van der Waals surface area contributed by atoms with Gasteiger partial charge in [-0.3, -0.25) is 0 Å². The summed E-state index contributed by atoms with van der Waals surface area (Å²) < 4.78 is 32.1. The van der Waals surface area contributed by atoms with Gasteiger partial charge in [-0.05, 0) is 43.4 Å². The molecule has 1 aliphatic rings. The van der Waals surface area contributed by atoms with Crippen molar-refractivity contribution in [2.24, 2.45) is 5.92 Å². The van der Waals surface area contributed by atoms with Crippen LogP contribution in [-0.2, 0) is 14.8 Å². The number of nitrogens with zero attached hydrogens (tertiary/aromatic N) is 1. The minimum Gasteiger partial charge on any atom is -0.397 e. The summed E-state index contributed by atoms with van der Waals surface area (Å²) in [5.74, 6) is 0.337. The first-order valence-corrected chi connectivity index (χ1v) is 8.74. The largest absolute Gasteiger partial charge is 0.397 e. The lowest BCUT2D eigenvalue weighted by Crippen LogP contribution is -2.34. The van der Waals surface area contributed by atoms with Crippen molar-refractivity contribution < 1.29 is 13.2 Å². The van der Waals surface area contributed by atoms with E-state index in [-0.39, 0.29) is 10.6 Å². The monoisotopic (exact) mass is 332 g/mol. The second-order valence-corrected chi connectivity index (χ2v) is 7.90. The number of nitrogens with two attached hydrogens (primary N) is 1. The van der Waals surface area contributed by atoms with Gasteiger partial charge in [0, 0.05) is 26.8 Å². The summed E-state index contributed by atoms with van der Waals surface area (Å²) in [6.07, 6.45) is 1.78. The molecular weight excluding hydrogens is 312 g/mol. The number of rotatable bonds is 4. The zero-order valence-electron chi connectivity index (χ0n) is 12.3. The molecule has 0 aliphatic carbocycles. The molecule has 0 bridgehead atoms. The lowest BCUT2D eigenvalue weighted by Gasteiger charge is -2.27. The van der Waals surface area contributed by atoms with E-state index in [4.69, 9.17) is 22.1 Å². The highest BCUT2D eigenvalue weighted by molar-refractivity contribution is 7.89. The first-order chi connectivity index (χ1) is 9.82. The maximum absolute atomic E-state index is 12.7. The lowest BCUT2D eigenvalue weighted by molar-refractivity contribution is 0.0620. The highest BCUT2D eigenvalue weighted by Gasteiger charge is 2.26. The molecule has 0 aromatic heterocycles. The van der Waals surface area contributed by atoms with Gasteiger partial charge in [-0.1, -0.05) is 11.6 Å². The quantitative estimate of drug-likeness (QED) is 0.858. The minimum absolute atomic E-state index is 0.221. The summed E-state index contributed by atoms with van der Waals surface area (Å²) in [5, 5.41) is 0.374. The molecule has 1 aromatic carbocycles. The summed E-state index contributed by atoms with van der Waals surface area (Å²) in [4.78, 5) is 0.221. The summed E-state index contributed by atoms with van der Waals surface area (Å²) in [6.45, 7) is 3.62. The topological polar surface area (TPSA) is 72.6 Å². The molecule has 2 N–H and O–H groups in total. The van der Waals surface area contributed by atoms with Crippen molar-refractivity contribution in [3.8, 4) is 0 Å². The van der Waals surface area contributed by atoms with Crippen molar-refractivity contribution in [2.45, 2.75) is 24.7 Å². The molecule has 1 fully saturated rings. The first kappa shape index (κ1) is 16.5. The van der Waals surface area contributed by atoms with Crippen molar-refractivity contribution in [2.75, 3.05) is 32.5 Å². The highest BCUT2D eigenvalue weighted by Crippen LogP contribution is 2.28. The molecule has 7 heteroatoms. The molecule has 0 spiro atoms. The van der Waals surface area contributed by atoms with Gasteiger partial charge in [-0.2, -0.15) is 0 Å². The van der Waals surface area contributed by atoms with Gasteiger partial charge < -0.3 is 10.5 Å². The molecule has 0 amide bonds. The smallest absolute Gasteiger partial charge is 0.243 e. The van der Waals surface area contributed by atoms with Gasteiger partial charge in [0.1, 0.15) is 0 Å². The maximum atomic E-state index is 12.7. The number of hydrogen-bond donors (Lipinski definition) is 1. The zero-order chi connectivity index (χ0) is 15.6. The van der Waals surface area contributed by atoms with Crippen molar-refractivity contribution in [3.05, 3.63) is 22.7 Å². The molecule has 0 saturated carbocycles. The van der Waals surface area contributed by atoms with Gasteiger partial charge in [-0.25, -0.2) is 12.7 Å². The number of aryl methyl sites for hydroxylation is 1. The first-order valence-electron chi connectivity index (χ1n) is 6.92. The van der Waals surface area contributed by atoms with E-state index in [9.17, 15) is 8.42 Å². The molecule has 2 rings (SSSR count). The van der Waals surface area contributed by atoms with Crippen LogP contribution in [0.15, 0.2) is 17.0 Å². The predicted molar refractivity (Wildman–Crippen MR) is 84.0 cm³/mol. The molecule has 1 aliphatic heterocycles. The van der Waals surface area contributed by atoms with Crippen LogP contribution in [0.1, 0.15) is 18.4 Å². The van der Waals surface area contributed by atoms with E-state index in [2.05, 4.69) is 0 Å². The maximum Gasteiger partial charge on any atom is 0.243 e. The Balaban J connectivity index is 2.22. The fraction of sp³-hybridized carbons (Fsp3) is 0.571. The number of ether oxygens (including phenoxy) is 1. The summed E-state index contributed by atoms with van der Waals surface area (Å²) >= 11 is 5.92. The molecule has 0 atom stereocenters. The SMILES string of the molecule is Cc1cc(Cl)c(N)cc1S(=O)(=O)N(C)CC1CCOCC1. The van der Waals surface area contributed by atoms with Crippen LogP contribution in [-0.4, -0.2) is 39.5 Å². The number of nitrogen functional groups attached to an aromatic ring is 1. The van der Waals surface area contributed by atoms with E-state index >= 15 is 0 Å². The Morgan fingerprint density at radius 1 is 1.38 bits per heavy atom. The van der Waals surface area contributed by atoms with Crippen LogP contribution in [0.4, 0.5) is 5.69 Å². The molecule has 118 valence electrons. The van der Waals surface area contributed by atoms with Gasteiger partial charge in [0.2, 0.25) is 10.0 Å². The van der Waals surface area contributed by atoms with Crippen molar-refractivity contribution in [1.29, 1.82) is 0 Å². The Hall–Kier alpha value is -0.820. The standard InChI is InChI=1S/C14H21ClN2O3S/c1-10-7-12(15)13(16)8-14(10)21(18,19)17(2)9-11-3-5-20-6-4-11/h7-8,11H,3-6,9,16H2,1-2H3. The summed E-state index contributed by atoms with van der Waals surface area (Å²) in [6, 6.07) is 3.03. The minimum atomic E-state index is -3.55. The van der Waals surface area contributed by atoms with Crippen LogP contribution in [0.5, 0.6) is 0 Å². The third kappa shape index (κ3) is 3.69. The summed E-state index contributed by atoms with van der Waals surface area (Å²) in [7, 11) is -1.95. The van der Waals surface area contributed by atoms with E-state index in [1.165, 1.54) is 10.4 Å². The van der Waals surface area contributed by atoms with Gasteiger partial charge in [0.05, 0.1) is 15.6 Å². The number of anilines is 1. The van der Waals surface area contributed by atoms with Crippen molar-refractivity contribution >= 4 is 27.3 Å². The van der Waals surface area contributed by atoms with E-state index in [0.717, 1.165) is 12.8 Å². The molecule has 5 nitrogen and oxygen atoms in total. The molecule has 21 heavy (non-hydrogen) atoms. The molecule has 1 aromatic rings. The predicted octanol–water partition coefficient (Wildman–Crippen LogP) is 2.28. The Kier molecular flexibility index (Phi) is 5.14. The fourth-order valence-electron chi connectivity index (χ4n) is 2.51. The Morgan fingerprint density at radius 3 is 2.62 bits per heavy atom. The van der Waals surface area contributed by atoms with E-state index in [1.807, 2.05) is 0 Å². The zero-order valence-corrected chi connectivity index (χ0v) is 13.9. The summed E-state index contributed by atoms with van der Waals surface area (Å²) in [5.41, 5.74) is 6.62. The average Bonchev–Trinajstić information content (AvgIpc) is 2.43. The van der Waals surface area contributed by atoms with Crippen LogP contribution in [0.2, 0.25) is 5.02 Å². The molecule has 0 unspecified atom stereocenters. The van der Waals surface area contributed by atoms with E-state index < -0.39 is 10.0 Å². The fourth-order valence-corrected chi connectivity index (χ4v) is 4.21. The molecule has 0 radical (unpaired) electrons. The van der Waals surface area contributed by atoms with Crippen LogP contribution in [0, 0.1) is 12.8 Å². The number of hydrogen-bond acceptors (Lipinski definition) is 4. The Bertz CT molecular complexity index is 613.